The highest BCUT2D eigenvalue weighted by molar-refractivity contribution is 6.32. The molecule has 0 aromatic heterocycles. The minimum absolute atomic E-state index is 0.0276. The maximum absolute atomic E-state index is 11.7. The highest BCUT2D eigenvalue weighted by Crippen LogP contribution is 2.24. The Labute approximate surface area is 80.3 Å². The lowest BCUT2D eigenvalue weighted by atomic mass is 10.2. The molecule has 13 heavy (non-hydrogen) atoms. The second-order valence-electron chi connectivity index (χ2n) is 2.35. The zero-order valence-electron chi connectivity index (χ0n) is 6.80. The molecule has 0 spiro atoms. The molecule has 1 aromatic rings. The molecule has 4 heteroatoms. The number of ether oxygens (including phenoxy) is 1. The van der Waals surface area contributed by atoms with Gasteiger partial charge in [0.1, 0.15) is 25.3 Å². The Kier molecular flexibility index (Phi) is 3.71. The van der Waals surface area contributed by atoms with Gasteiger partial charge in [-0.2, -0.15) is 0 Å². The minimum Gasteiger partial charge on any atom is -0.489 e. The van der Waals surface area contributed by atoms with Gasteiger partial charge >= 0.3 is 0 Å². The lowest BCUT2D eigenvalue weighted by Gasteiger charge is -2.05. The summed E-state index contributed by atoms with van der Waals surface area (Å²) in [6, 6.07) is 4.58. The van der Waals surface area contributed by atoms with Crippen molar-refractivity contribution < 1.29 is 13.9 Å². The fourth-order valence-electron chi connectivity index (χ4n) is 0.856. The highest BCUT2D eigenvalue weighted by atomic mass is 35.5. The first kappa shape index (κ1) is 9.99. The fraction of sp³-hybridized carbons (Fsp3) is 0.222. The predicted octanol–water partition coefficient (Wildman–Crippen LogP) is 2.50. The zero-order chi connectivity index (χ0) is 9.68. The third-order valence-electron chi connectivity index (χ3n) is 1.43. The van der Waals surface area contributed by atoms with Gasteiger partial charge in [0.05, 0.1) is 5.02 Å². The summed E-state index contributed by atoms with van der Waals surface area (Å²) < 4.78 is 16.7. The number of hydrogen-bond acceptors (Lipinski definition) is 2. The summed E-state index contributed by atoms with van der Waals surface area (Å²) in [7, 11) is 0. The van der Waals surface area contributed by atoms with Crippen LogP contribution in [0.25, 0.3) is 0 Å². The first-order chi connectivity index (χ1) is 6.27. The van der Waals surface area contributed by atoms with Gasteiger partial charge in [0, 0.05) is 5.56 Å². The molecule has 70 valence electrons. The van der Waals surface area contributed by atoms with Crippen molar-refractivity contribution in [2.75, 3.05) is 13.3 Å². The fourth-order valence-corrected chi connectivity index (χ4v) is 1.10. The van der Waals surface area contributed by atoms with E-state index in [0.717, 1.165) is 0 Å². The molecule has 0 saturated carbocycles. The number of alkyl halides is 1. The summed E-state index contributed by atoms with van der Waals surface area (Å²) >= 11 is 5.74. The van der Waals surface area contributed by atoms with Gasteiger partial charge in [-0.1, -0.05) is 11.6 Å². The molecule has 0 fully saturated rings. The number of halogens is 2. The first-order valence-electron chi connectivity index (χ1n) is 3.71. The van der Waals surface area contributed by atoms with Gasteiger partial charge in [-0.25, -0.2) is 4.39 Å². The van der Waals surface area contributed by atoms with Gasteiger partial charge in [-0.3, -0.25) is 4.79 Å². The van der Waals surface area contributed by atoms with Crippen LogP contribution in [0, 0.1) is 0 Å². The van der Waals surface area contributed by atoms with E-state index in [9.17, 15) is 9.18 Å². The van der Waals surface area contributed by atoms with Crippen molar-refractivity contribution in [2.24, 2.45) is 0 Å². The van der Waals surface area contributed by atoms with Gasteiger partial charge in [0.25, 0.3) is 0 Å². The average Bonchev–Trinajstić information content (AvgIpc) is 2.16. The Balaban J connectivity index is 2.79. The van der Waals surface area contributed by atoms with Gasteiger partial charge < -0.3 is 4.74 Å². The van der Waals surface area contributed by atoms with Crippen molar-refractivity contribution in [2.45, 2.75) is 0 Å². The Morgan fingerprint density at radius 3 is 2.85 bits per heavy atom. The van der Waals surface area contributed by atoms with Crippen molar-refractivity contribution in [1.82, 2.24) is 0 Å². The van der Waals surface area contributed by atoms with E-state index < -0.39 is 6.67 Å². The van der Waals surface area contributed by atoms with Crippen LogP contribution in [0.4, 0.5) is 4.39 Å². The standard InChI is InChI=1S/C9H8ClFO2/c10-8-5-7(6-12)1-2-9(8)13-4-3-11/h1-2,5-6H,3-4H2. The third-order valence-corrected chi connectivity index (χ3v) is 1.72. The Morgan fingerprint density at radius 1 is 1.54 bits per heavy atom. The van der Waals surface area contributed by atoms with Gasteiger partial charge in [0.15, 0.2) is 0 Å². The van der Waals surface area contributed by atoms with Gasteiger partial charge in [-0.05, 0) is 18.2 Å². The van der Waals surface area contributed by atoms with Crippen molar-refractivity contribution in [1.29, 1.82) is 0 Å². The van der Waals surface area contributed by atoms with Crippen molar-refractivity contribution >= 4 is 17.9 Å². The topological polar surface area (TPSA) is 26.3 Å². The molecule has 1 rings (SSSR count). The second kappa shape index (κ2) is 4.82. The summed E-state index contributed by atoms with van der Waals surface area (Å²) in [4.78, 5) is 10.3. The minimum atomic E-state index is -0.564. The van der Waals surface area contributed by atoms with E-state index in [0.29, 0.717) is 22.6 Å². The molecule has 0 unspecified atom stereocenters. The Morgan fingerprint density at radius 2 is 2.31 bits per heavy atom. The summed E-state index contributed by atoms with van der Waals surface area (Å²) in [5, 5.41) is 0.318. The lowest BCUT2D eigenvalue weighted by Crippen LogP contribution is -1.99. The predicted molar refractivity (Wildman–Crippen MR) is 48.3 cm³/mol. The van der Waals surface area contributed by atoms with E-state index >= 15 is 0 Å². The van der Waals surface area contributed by atoms with Crippen LogP contribution in [0.5, 0.6) is 5.75 Å². The molecular formula is C9H8ClFO2. The van der Waals surface area contributed by atoms with E-state index in [1.54, 1.807) is 12.1 Å². The van der Waals surface area contributed by atoms with E-state index in [2.05, 4.69) is 0 Å². The van der Waals surface area contributed by atoms with E-state index in [1.165, 1.54) is 6.07 Å². The molecule has 0 bridgehead atoms. The van der Waals surface area contributed by atoms with Crippen LogP contribution in [-0.2, 0) is 0 Å². The van der Waals surface area contributed by atoms with Crippen molar-refractivity contribution in [3.05, 3.63) is 28.8 Å². The average molecular weight is 203 g/mol. The summed E-state index contributed by atoms with van der Waals surface area (Å²) in [6.45, 7) is -0.591. The molecule has 1 aromatic carbocycles. The second-order valence-corrected chi connectivity index (χ2v) is 2.75. The summed E-state index contributed by atoms with van der Waals surface area (Å²) in [5.74, 6) is 0.393. The molecule has 0 aliphatic rings. The smallest absolute Gasteiger partial charge is 0.150 e. The van der Waals surface area contributed by atoms with Crippen LogP contribution in [0.2, 0.25) is 5.02 Å². The molecule has 0 radical (unpaired) electrons. The molecule has 0 aliphatic carbocycles. The maximum Gasteiger partial charge on any atom is 0.150 e. The highest BCUT2D eigenvalue weighted by Gasteiger charge is 2.01. The SMILES string of the molecule is O=Cc1ccc(OCCF)c(Cl)c1. The van der Waals surface area contributed by atoms with Crippen LogP contribution in [0.1, 0.15) is 10.4 Å². The Bertz CT molecular complexity index is 302. The Hall–Kier alpha value is -1.09. The van der Waals surface area contributed by atoms with Crippen LogP contribution >= 0.6 is 11.6 Å². The number of hydrogen-bond donors (Lipinski definition) is 0. The monoisotopic (exact) mass is 202 g/mol. The van der Waals surface area contributed by atoms with E-state index in [1.807, 2.05) is 0 Å². The number of aldehydes is 1. The zero-order valence-corrected chi connectivity index (χ0v) is 7.55. The van der Waals surface area contributed by atoms with Crippen LogP contribution < -0.4 is 4.74 Å². The molecule has 2 nitrogen and oxygen atoms in total. The van der Waals surface area contributed by atoms with Crippen molar-refractivity contribution in [3.8, 4) is 5.75 Å². The number of rotatable bonds is 4. The lowest BCUT2D eigenvalue weighted by molar-refractivity contribution is 0.112. The molecule has 0 amide bonds. The molecule has 0 atom stereocenters. The summed E-state index contributed by atoms with van der Waals surface area (Å²) in [5.41, 5.74) is 0.470. The third kappa shape index (κ3) is 2.70. The van der Waals surface area contributed by atoms with E-state index in [-0.39, 0.29) is 6.61 Å². The normalized spacial score (nSPS) is 9.69. The molecule has 0 saturated heterocycles. The van der Waals surface area contributed by atoms with Gasteiger partial charge in [0.2, 0.25) is 0 Å². The molecule has 0 heterocycles. The van der Waals surface area contributed by atoms with Gasteiger partial charge in [-0.15, -0.1) is 0 Å². The van der Waals surface area contributed by atoms with Crippen molar-refractivity contribution in [3.63, 3.8) is 0 Å². The first-order valence-corrected chi connectivity index (χ1v) is 4.09. The quantitative estimate of drug-likeness (QED) is 0.702. The largest absolute Gasteiger partial charge is 0.489 e. The molecular weight excluding hydrogens is 195 g/mol. The number of carbonyl (C=O) groups is 1. The maximum atomic E-state index is 11.7. The number of benzene rings is 1. The van der Waals surface area contributed by atoms with E-state index in [4.69, 9.17) is 16.3 Å². The molecule has 0 N–H and O–H groups in total. The van der Waals surface area contributed by atoms with Crippen LogP contribution in [0.15, 0.2) is 18.2 Å². The molecule has 0 aliphatic heterocycles. The number of carbonyl (C=O) groups excluding carboxylic acids is 1. The van der Waals surface area contributed by atoms with Crippen LogP contribution in [0.3, 0.4) is 0 Å². The summed E-state index contributed by atoms with van der Waals surface area (Å²) in [6.07, 6.45) is 0.685. The van der Waals surface area contributed by atoms with Crippen LogP contribution in [-0.4, -0.2) is 19.6 Å².